The highest BCUT2D eigenvalue weighted by Crippen LogP contribution is 2.31. The monoisotopic (exact) mass is 388 g/mol. The Labute approximate surface area is 168 Å². The summed E-state index contributed by atoms with van der Waals surface area (Å²) in [6.45, 7) is 0.568. The summed E-state index contributed by atoms with van der Waals surface area (Å²) in [5.74, 6) is 1.36. The molecule has 4 N–H and O–H groups in total. The number of hydrogen-bond donors (Lipinski definition) is 4. The molecule has 28 heavy (non-hydrogen) atoms. The van der Waals surface area contributed by atoms with Crippen LogP contribution < -0.4 is 10.6 Å². The second-order valence-corrected chi connectivity index (χ2v) is 8.63. The highest BCUT2D eigenvalue weighted by molar-refractivity contribution is 5.82. The van der Waals surface area contributed by atoms with E-state index in [1.807, 2.05) is 18.2 Å². The number of carbonyl (C=O) groups is 1. The smallest absolute Gasteiger partial charge is 0.237 e. The summed E-state index contributed by atoms with van der Waals surface area (Å²) in [5, 5.41) is 26.4. The molecule has 1 amide bonds. The first-order chi connectivity index (χ1) is 13.7. The SMILES string of the molecule is O=C(N[C@H](CO)[C@H](O)c1ccccc1)[C@H]1CC(CCC2CCCCC2)CCN1. The zero-order valence-electron chi connectivity index (χ0n) is 16.9. The second kappa shape index (κ2) is 10.9. The number of piperidine rings is 1. The molecule has 0 aromatic heterocycles. The van der Waals surface area contributed by atoms with E-state index in [1.165, 1.54) is 44.9 Å². The van der Waals surface area contributed by atoms with Gasteiger partial charge in [-0.25, -0.2) is 0 Å². The number of benzene rings is 1. The van der Waals surface area contributed by atoms with Crippen LogP contribution in [0.4, 0.5) is 0 Å². The average Bonchev–Trinajstić information content (AvgIpc) is 2.77. The zero-order valence-corrected chi connectivity index (χ0v) is 16.9. The average molecular weight is 389 g/mol. The lowest BCUT2D eigenvalue weighted by atomic mass is 9.81. The van der Waals surface area contributed by atoms with E-state index in [0.29, 0.717) is 11.5 Å². The largest absolute Gasteiger partial charge is 0.394 e. The highest BCUT2D eigenvalue weighted by Gasteiger charge is 2.30. The molecule has 0 spiro atoms. The molecule has 4 atom stereocenters. The Kier molecular flexibility index (Phi) is 8.31. The first kappa shape index (κ1) is 21.3. The maximum absolute atomic E-state index is 12.8. The van der Waals surface area contributed by atoms with Crippen LogP contribution in [0.15, 0.2) is 30.3 Å². The van der Waals surface area contributed by atoms with Crippen LogP contribution in [0.3, 0.4) is 0 Å². The molecule has 0 bridgehead atoms. The molecule has 5 heteroatoms. The van der Waals surface area contributed by atoms with Crippen molar-refractivity contribution in [1.29, 1.82) is 0 Å². The predicted molar refractivity (Wildman–Crippen MR) is 111 cm³/mol. The third-order valence-corrected chi connectivity index (χ3v) is 6.58. The van der Waals surface area contributed by atoms with E-state index in [4.69, 9.17) is 0 Å². The fourth-order valence-electron chi connectivity index (χ4n) is 4.80. The summed E-state index contributed by atoms with van der Waals surface area (Å²) in [5.41, 5.74) is 0.698. The molecule has 0 radical (unpaired) electrons. The summed E-state index contributed by atoms with van der Waals surface area (Å²) in [7, 11) is 0. The summed E-state index contributed by atoms with van der Waals surface area (Å²) in [4.78, 5) is 12.8. The Balaban J connectivity index is 1.48. The fraction of sp³-hybridized carbons (Fsp3) is 0.696. The number of amides is 1. The quantitative estimate of drug-likeness (QED) is 0.552. The maximum Gasteiger partial charge on any atom is 0.237 e. The van der Waals surface area contributed by atoms with Crippen molar-refractivity contribution in [2.24, 2.45) is 11.8 Å². The number of hydrogen-bond acceptors (Lipinski definition) is 4. The Morgan fingerprint density at radius 3 is 2.50 bits per heavy atom. The Morgan fingerprint density at radius 2 is 1.79 bits per heavy atom. The molecule has 1 aromatic carbocycles. The molecule has 2 fully saturated rings. The number of carbonyl (C=O) groups excluding carboxylic acids is 1. The lowest BCUT2D eigenvalue weighted by Gasteiger charge is -2.32. The van der Waals surface area contributed by atoms with Gasteiger partial charge in [0.15, 0.2) is 0 Å². The summed E-state index contributed by atoms with van der Waals surface area (Å²) >= 11 is 0. The molecule has 156 valence electrons. The minimum atomic E-state index is -0.916. The highest BCUT2D eigenvalue weighted by atomic mass is 16.3. The minimum absolute atomic E-state index is 0.114. The molecule has 3 rings (SSSR count). The van der Waals surface area contributed by atoms with Crippen molar-refractivity contribution in [3.05, 3.63) is 35.9 Å². The van der Waals surface area contributed by atoms with Crippen LogP contribution in [0, 0.1) is 11.8 Å². The molecule has 1 unspecified atom stereocenters. The number of aliphatic hydroxyl groups excluding tert-OH is 2. The van der Waals surface area contributed by atoms with Crippen molar-refractivity contribution in [1.82, 2.24) is 10.6 Å². The van der Waals surface area contributed by atoms with Gasteiger partial charge in [0, 0.05) is 0 Å². The minimum Gasteiger partial charge on any atom is -0.394 e. The molecule has 1 aliphatic heterocycles. The lowest BCUT2D eigenvalue weighted by molar-refractivity contribution is -0.126. The molecule has 1 heterocycles. The molecule has 1 saturated heterocycles. The topological polar surface area (TPSA) is 81.6 Å². The summed E-state index contributed by atoms with van der Waals surface area (Å²) < 4.78 is 0. The van der Waals surface area contributed by atoms with Crippen molar-refractivity contribution in [3.8, 4) is 0 Å². The van der Waals surface area contributed by atoms with Crippen LogP contribution in [-0.4, -0.2) is 41.4 Å². The van der Waals surface area contributed by atoms with Crippen LogP contribution in [0.2, 0.25) is 0 Å². The van der Waals surface area contributed by atoms with Gasteiger partial charge in [-0.1, -0.05) is 75.3 Å². The van der Waals surface area contributed by atoms with Gasteiger partial charge in [-0.15, -0.1) is 0 Å². The van der Waals surface area contributed by atoms with Gasteiger partial charge in [0.25, 0.3) is 0 Å². The standard InChI is InChI=1S/C23H36N2O3/c26-16-21(22(27)19-9-5-2-6-10-19)25-23(28)20-15-18(13-14-24-20)12-11-17-7-3-1-4-8-17/h2,5-6,9-10,17-18,20-22,24,26-27H,1,3-4,7-8,11-16H2,(H,25,28)/t18?,20-,21-,22-/m1/s1. The van der Waals surface area contributed by atoms with Gasteiger partial charge < -0.3 is 20.8 Å². The van der Waals surface area contributed by atoms with Crippen LogP contribution in [0.5, 0.6) is 0 Å². The molecule has 5 nitrogen and oxygen atoms in total. The zero-order chi connectivity index (χ0) is 19.8. The Bertz CT molecular complexity index is 589. The maximum atomic E-state index is 12.8. The molecule has 1 aromatic rings. The third kappa shape index (κ3) is 6.03. The molecular weight excluding hydrogens is 352 g/mol. The van der Waals surface area contributed by atoms with Crippen LogP contribution >= 0.6 is 0 Å². The second-order valence-electron chi connectivity index (χ2n) is 8.63. The van der Waals surface area contributed by atoms with Crippen molar-refractivity contribution < 1.29 is 15.0 Å². The first-order valence-electron chi connectivity index (χ1n) is 11.0. The first-order valence-corrected chi connectivity index (χ1v) is 11.0. The normalized spacial score (nSPS) is 25.8. The van der Waals surface area contributed by atoms with Gasteiger partial charge in [0.2, 0.25) is 5.91 Å². The van der Waals surface area contributed by atoms with E-state index < -0.39 is 12.1 Å². The predicted octanol–water partition coefficient (Wildman–Crippen LogP) is 2.93. The molecule has 1 saturated carbocycles. The Hall–Kier alpha value is -1.43. The van der Waals surface area contributed by atoms with E-state index in [2.05, 4.69) is 10.6 Å². The van der Waals surface area contributed by atoms with Crippen molar-refractivity contribution in [2.75, 3.05) is 13.2 Å². The van der Waals surface area contributed by atoms with Crippen LogP contribution in [0.1, 0.15) is 69.5 Å². The van der Waals surface area contributed by atoms with E-state index in [-0.39, 0.29) is 18.6 Å². The van der Waals surface area contributed by atoms with Crippen molar-refractivity contribution in [2.45, 2.75) is 76.0 Å². The Morgan fingerprint density at radius 1 is 1.07 bits per heavy atom. The van der Waals surface area contributed by atoms with Crippen molar-refractivity contribution in [3.63, 3.8) is 0 Å². The van der Waals surface area contributed by atoms with E-state index in [1.54, 1.807) is 12.1 Å². The van der Waals surface area contributed by atoms with Gasteiger partial charge in [-0.2, -0.15) is 0 Å². The van der Waals surface area contributed by atoms with Gasteiger partial charge >= 0.3 is 0 Å². The van der Waals surface area contributed by atoms with Gasteiger partial charge in [-0.05, 0) is 36.8 Å². The molecule has 2 aliphatic rings. The van der Waals surface area contributed by atoms with E-state index in [9.17, 15) is 15.0 Å². The summed E-state index contributed by atoms with van der Waals surface area (Å²) in [6, 6.07) is 8.24. The molecular formula is C23H36N2O3. The van der Waals surface area contributed by atoms with Gasteiger partial charge in [-0.3, -0.25) is 4.79 Å². The third-order valence-electron chi connectivity index (χ3n) is 6.58. The number of rotatable bonds is 8. The number of nitrogens with one attached hydrogen (secondary N) is 2. The summed E-state index contributed by atoms with van der Waals surface area (Å²) in [6.07, 6.45) is 10.5. The van der Waals surface area contributed by atoms with Crippen LogP contribution in [0.25, 0.3) is 0 Å². The van der Waals surface area contributed by atoms with Gasteiger partial charge in [0.1, 0.15) is 6.10 Å². The van der Waals surface area contributed by atoms with Crippen molar-refractivity contribution >= 4 is 5.91 Å². The van der Waals surface area contributed by atoms with Gasteiger partial charge in [0.05, 0.1) is 18.7 Å². The fourth-order valence-corrected chi connectivity index (χ4v) is 4.80. The molecule has 1 aliphatic carbocycles. The van der Waals surface area contributed by atoms with E-state index >= 15 is 0 Å². The van der Waals surface area contributed by atoms with E-state index in [0.717, 1.165) is 25.3 Å². The number of aliphatic hydroxyl groups is 2. The lowest BCUT2D eigenvalue weighted by Crippen LogP contribution is -2.53. The van der Waals surface area contributed by atoms with Crippen LogP contribution in [-0.2, 0) is 4.79 Å².